The first-order valence-corrected chi connectivity index (χ1v) is 9.55. The second-order valence-electron chi connectivity index (χ2n) is 7.08. The fourth-order valence-electron chi connectivity index (χ4n) is 3.71. The highest BCUT2D eigenvalue weighted by Crippen LogP contribution is 2.30. The van der Waals surface area contributed by atoms with E-state index in [4.69, 9.17) is 9.15 Å². The number of ketones is 3. The molecule has 0 spiro atoms. The number of ether oxygens (including phenoxy) is 1. The number of hydrogen-bond donors (Lipinski definition) is 0. The van der Waals surface area contributed by atoms with Crippen molar-refractivity contribution in [1.29, 1.82) is 0 Å². The van der Waals surface area contributed by atoms with Gasteiger partial charge in [0, 0.05) is 27.6 Å². The Morgan fingerprint density at radius 2 is 1.45 bits per heavy atom. The number of furan rings is 1. The van der Waals surface area contributed by atoms with Gasteiger partial charge in [-0.3, -0.25) is 14.4 Å². The molecule has 6 heteroatoms. The maximum Gasteiger partial charge on any atom is 0.339 e. The van der Waals surface area contributed by atoms with E-state index in [9.17, 15) is 19.2 Å². The monoisotopic (exact) mass is 410 g/mol. The molecule has 0 radical (unpaired) electrons. The summed E-state index contributed by atoms with van der Waals surface area (Å²) in [6, 6.07) is 19.6. The highest BCUT2D eigenvalue weighted by molar-refractivity contribution is 6.30. The molecule has 4 aromatic rings. The van der Waals surface area contributed by atoms with Gasteiger partial charge in [-0.2, -0.15) is 0 Å². The lowest BCUT2D eigenvalue weighted by atomic mass is 9.82. The lowest BCUT2D eigenvalue weighted by molar-refractivity contribution is 0.0466. The number of fused-ring (bicyclic) bond motifs is 3. The average Bonchev–Trinajstić information content (AvgIpc) is 3.25. The molecule has 1 heterocycles. The van der Waals surface area contributed by atoms with Gasteiger partial charge < -0.3 is 9.15 Å². The second kappa shape index (κ2) is 7.18. The number of esters is 1. The van der Waals surface area contributed by atoms with Crippen LogP contribution < -0.4 is 0 Å². The summed E-state index contributed by atoms with van der Waals surface area (Å²) in [4.78, 5) is 50.9. The Balaban J connectivity index is 1.41. The van der Waals surface area contributed by atoms with Gasteiger partial charge in [0.1, 0.15) is 5.58 Å². The molecule has 0 amide bonds. The van der Waals surface area contributed by atoms with Crippen molar-refractivity contribution in [3.63, 3.8) is 0 Å². The van der Waals surface area contributed by atoms with Gasteiger partial charge in [0.15, 0.2) is 23.9 Å². The molecule has 6 nitrogen and oxygen atoms in total. The van der Waals surface area contributed by atoms with Crippen molar-refractivity contribution < 1.29 is 28.3 Å². The van der Waals surface area contributed by atoms with E-state index in [-0.39, 0.29) is 33.8 Å². The minimum atomic E-state index is -0.859. The van der Waals surface area contributed by atoms with Gasteiger partial charge in [0.25, 0.3) is 0 Å². The third-order valence-corrected chi connectivity index (χ3v) is 5.21. The molecule has 5 rings (SSSR count). The number of para-hydroxylation sites is 1. The van der Waals surface area contributed by atoms with E-state index < -0.39 is 24.1 Å². The Bertz CT molecular complexity index is 1380. The first-order valence-electron chi connectivity index (χ1n) is 9.55. The fraction of sp³-hybridized carbons (Fsp3) is 0.0400. The number of benzene rings is 3. The summed E-state index contributed by atoms with van der Waals surface area (Å²) in [7, 11) is 0. The van der Waals surface area contributed by atoms with E-state index in [2.05, 4.69) is 0 Å². The molecule has 0 saturated carbocycles. The van der Waals surface area contributed by atoms with Crippen LogP contribution in [0.25, 0.3) is 11.0 Å². The molecule has 0 bridgehead atoms. The van der Waals surface area contributed by atoms with Gasteiger partial charge in [0.05, 0.1) is 5.56 Å². The van der Waals surface area contributed by atoms with E-state index >= 15 is 0 Å². The molecule has 1 aliphatic rings. The van der Waals surface area contributed by atoms with Crippen LogP contribution in [0.4, 0.5) is 0 Å². The molecule has 31 heavy (non-hydrogen) atoms. The van der Waals surface area contributed by atoms with Crippen LogP contribution in [0.1, 0.15) is 52.8 Å². The third kappa shape index (κ3) is 3.05. The first kappa shape index (κ1) is 18.7. The molecular weight excluding hydrogens is 396 g/mol. The maximum absolute atomic E-state index is 13.0. The lowest BCUT2D eigenvalue weighted by Gasteiger charge is -2.19. The van der Waals surface area contributed by atoms with Crippen LogP contribution in [-0.2, 0) is 4.74 Å². The van der Waals surface area contributed by atoms with Crippen LogP contribution in [-0.4, -0.2) is 29.9 Å². The van der Waals surface area contributed by atoms with Gasteiger partial charge in [-0.1, -0.05) is 54.6 Å². The SMILES string of the molecule is O=C(COC(=O)c1cccc2c1C(=O)c1ccccc1C2=O)c1cc2ccccc2o1. The summed E-state index contributed by atoms with van der Waals surface area (Å²) in [6.07, 6.45) is 0. The van der Waals surface area contributed by atoms with Crippen molar-refractivity contribution in [1.82, 2.24) is 0 Å². The summed E-state index contributed by atoms with van der Waals surface area (Å²) in [6.45, 7) is -0.555. The quantitative estimate of drug-likeness (QED) is 0.325. The van der Waals surface area contributed by atoms with Gasteiger partial charge in [-0.15, -0.1) is 0 Å². The van der Waals surface area contributed by atoms with E-state index in [1.807, 2.05) is 6.07 Å². The van der Waals surface area contributed by atoms with Crippen LogP contribution in [0.5, 0.6) is 0 Å². The zero-order chi connectivity index (χ0) is 21.5. The normalized spacial score (nSPS) is 12.4. The van der Waals surface area contributed by atoms with Gasteiger partial charge >= 0.3 is 5.97 Å². The standard InChI is InChI=1S/C25H14O6/c26-19(21-12-14-6-1-4-11-20(14)31-21)13-30-25(29)18-10-5-9-17-22(18)24(28)16-8-3-2-7-15(16)23(17)27/h1-12H,13H2. The number of hydrogen-bond acceptors (Lipinski definition) is 6. The van der Waals surface area contributed by atoms with Crippen molar-refractivity contribution in [2.75, 3.05) is 6.61 Å². The smallest absolute Gasteiger partial charge is 0.339 e. The molecule has 0 fully saturated rings. The van der Waals surface area contributed by atoms with Crippen LogP contribution in [0.2, 0.25) is 0 Å². The number of carbonyl (C=O) groups excluding carboxylic acids is 4. The molecular formula is C25H14O6. The number of carbonyl (C=O) groups is 4. The molecule has 3 aromatic carbocycles. The molecule has 0 unspecified atom stereocenters. The summed E-state index contributed by atoms with van der Waals surface area (Å²) in [5.41, 5.74) is 1.16. The van der Waals surface area contributed by atoms with Crippen molar-refractivity contribution in [2.45, 2.75) is 0 Å². The molecule has 0 atom stereocenters. The van der Waals surface area contributed by atoms with Gasteiger partial charge in [-0.05, 0) is 18.2 Å². The van der Waals surface area contributed by atoms with Crippen molar-refractivity contribution in [2.24, 2.45) is 0 Å². The number of Topliss-reactive ketones (excluding diaryl/α,β-unsaturated/α-hetero) is 1. The maximum atomic E-state index is 13.0. The van der Waals surface area contributed by atoms with Crippen molar-refractivity contribution in [3.05, 3.63) is 106 Å². The highest BCUT2D eigenvalue weighted by atomic mass is 16.5. The first-order chi connectivity index (χ1) is 15.0. The molecule has 0 N–H and O–H groups in total. The fourth-order valence-corrected chi connectivity index (χ4v) is 3.71. The zero-order valence-corrected chi connectivity index (χ0v) is 16.1. The third-order valence-electron chi connectivity index (χ3n) is 5.21. The van der Waals surface area contributed by atoms with Crippen molar-refractivity contribution >= 4 is 34.3 Å². The molecule has 0 aliphatic heterocycles. The minimum Gasteiger partial charge on any atom is -0.454 e. The van der Waals surface area contributed by atoms with Crippen LogP contribution >= 0.6 is 0 Å². The summed E-state index contributed by atoms with van der Waals surface area (Å²) in [5.74, 6) is -2.06. The Morgan fingerprint density at radius 3 is 2.23 bits per heavy atom. The van der Waals surface area contributed by atoms with Crippen molar-refractivity contribution in [3.8, 4) is 0 Å². The predicted molar refractivity (Wildman–Crippen MR) is 111 cm³/mol. The van der Waals surface area contributed by atoms with Crippen LogP contribution in [0.15, 0.2) is 77.2 Å². The average molecular weight is 410 g/mol. The number of rotatable bonds is 4. The summed E-state index contributed by atoms with van der Waals surface area (Å²) < 4.78 is 10.7. The lowest BCUT2D eigenvalue weighted by Crippen LogP contribution is -2.25. The van der Waals surface area contributed by atoms with Gasteiger partial charge in [-0.25, -0.2) is 4.79 Å². The van der Waals surface area contributed by atoms with E-state index in [0.717, 1.165) is 5.39 Å². The van der Waals surface area contributed by atoms with Gasteiger partial charge in [0.2, 0.25) is 5.78 Å². The Morgan fingerprint density at radius 1 is 0.774 bits per heavy atom. The second-order valence-corrected chi connectivity index (χ2v) is 7.08. The Kier molecular flexibility index (Phi) is 4.33. The van der Waals surface area contributed by atoms with Crippen LogP contribution in [0.3, 0.4) is 0 Å². The Hall–Kier alpha value is -4.32. The molecule has 0 saturated heterocycles. The molecule has 150 valence electrons. The molecule has 1 aliphatic carbocycles. The van der Waals surface area contributed by atoms with Crippen LogP contribution in [0, 0.1) is 0 Å². The Labute approximate surface area is 176 Å². The minimum absolute atomic E-state index is 0.00705. The van der Waals surface area contributed by atoms with E-state index in [0.29, 0.717) is 11.1 Å². The largest absolute Gasteiger partial charge is 0.454 e. The van der Waals surface area contributed by atoms with E-state index in [1.165, 1.54) is 18.2 Å². The zero-order valence-electron chi connectivity index (χ0n) is 16.1. The van der Waals surface area contributed by atoms with E-state index in [1.54, 1.807) is 48.5 Å². The molecule has 1 aromatic heterocycles. The summed E-state index contributed by atoms with van der Waals surface area (Å²) >= 11 is 0. The predicted octanol–water partition coefficient (Wildman–Crippen LogP) is 4.25. The highest BCUT2D eigenvalue weighted by Gasteiger charge is 2.33. The summed E-state index contributed by atoms with van der Waals surface area (Å²) in [5, 5.41) is 0.761. The topological polar surface area (TPSA) is 90.7 Å².